The zero-order valence-electron chi connectivity index (χ0n) is 9.57. The monoisotopic (exact) mass is 217 g/mol. The van der Waals surface area contributed by atoms with Gasteiger partial charge in [-0.25, -0.2) is 4.39 Å². The van der Waals surface area contributed by atoms with Crippen LogP contribution in [0.25, 0.3) is 10.8 Å². The molecule has 0 aliphatic heterocycles. The van der Waals surface area contributed by atoms with Gasteiger partial charge < -0.3 is 5.73 Å². The third-order valence-electron chi connectivity index (χ3n) is 2.96. The molecule has 2 heteroatoms. The molecule has 2 aromatic rings. The van der Waals surface area contributed by atoms with Crippen LogP contribution in [-0.2, 0) is 0 Å². The van der Waals surface area contributed by atoms with E-state index in [1.807, 2.05) is 18.2 Å². The molecule has 0 fully saturated rings. The normalized spacial score (nSPS) is 13.3. The van der Waals surface area contributed by atoms with Gasteiger partial charge in [0.25, 0.3) is 0 Å². The molecular weight excluding hydrogens is 201 g/mol. The molecular formula is C14H16FN. The molecule has 0 bridgehead atoms. The number of halogens is 1. The maximum absolute atomic E-state index is 13.2. The Morgan fingerprint density at radius 3 is 2.56 bits per heavy atom. The Balaban J connectivity index is 2.65. The summed E-state index contributed by atoms with van der Waals surface area (Å²) in [7, 11) is 0. The van der Waals surface area contributed by atoms with E-state index in [9.17, 15) is 4.39 Å². The maximum Gasteiger partial charge on any atom is 0.123 e. The highest BCUT2D eigenvalue weighted by atomic mass is 19.1. The minimum atomic E-state index is -0.212. The fourth-order valence-corrected chi connectivity index (χ4v) is 1.92. The zero-order valence-corrected chi connectivity index (χ0v) is 9.57. The molecule has 1 atom stereocenters. The number of nitrogens with two attached hydrogens (primary N) is 1. The van der Waals surface area contributed by atoms with Crippen molar-refractivity contribution in [3.05, 3.63) is 47.8 Å². The molecule has 0 radical (unpaired) electrons. The van der Waals surface area contributed by atoms with Gasteiger partial charge in [0, 0.05) is 6.04 Å². The van der Waals surface area contributed by atoms with Gasteiger partial charge in [-0.15, -0.1) is 0 Å². The molecule has 0 aromatic heterocycles. The Morgan fingerprint density at radius 1 is 1.12 bits per heavy atom. The van der Waals surface area contributed by atoms with Crippen LogP contribution >= 0.6 is 0 Å². The Morgan fingerprint density at radius 2 is 1.88 bits per heavy atom. The van der Waals surface area contributed by atoms with Gasteiger partial charge in [0.1, 0.15) is 5.82 Å². The molecule has 0 amide bonds. The lowest BCUT2D eigenvalue weighted by molar-refractivity contribution is 0.517. The van der Waals surface area contributed by atoms with Crippen LogP contribution in [0.5, 0.6) is 0 Å². The van der Waals surface area contributed by atoms with Crippen molar-refractivity contribution >= 4 is 10.8 Å². The van der Waals surface area contributed by atoms with Crippen LogP contribution < -0.4 is 5.73 Å². The molecule has 1 nitrogen and oxygen atoms in total. The number of fused-ring (bicyclic) bond motifs is 1. The van der Waals surface area contributed by atoms with Crippen molar-refractivity contribution in [2.75, 3.05) is 0 Å². The highest BCUT2D eigenvalue weighted by molar-refractivity contribution is 5.86. The minimum Gasteiger partial charge on any atom is -0.324 e. The minimum absolute atomic E-state index is 0.0505. The topological polar surface area (TPSA) is 26.0 Å². The standard InChI is InChI=1S/C14H16FN/c1-9(2)14(16)12-5-3-4-10-6-7-11(15)8-13(10)12/h3-9,14H,16H2,1-2H3. The number of rotatable bonds is 2. The highest BCUT2D eigenvalue weighted by Crippen LogP contribution is 2.27. The van der Waals surface area contributed by atoms with Gasteiger partial charge in [-0.3, -0.25) is 0 Å². The van der Waals surface area contributed by atoms with Crippen molar-refractivity contribution in [2.45, 2.75) is 19.9 Å². The second-order valence-corrected chi connectivity index (χ2v) is 4.48. The Hall–Kier alpha value is -1.41. The third-order valence-corrected chi connectivity index (χ3v) is 2.96. The quantitative estimate of drug-likeness (QED) is 0.816. The summed E-state index contributed by atoms with van der Waals surface area (Å²) in [5.41, 5.74) is 7.15. The van der Waals surface area contributed by atoms with Crippen LogP contribution in [0, 0.1) is 11.7 Å². The van der Waals surface area contributed by atoms with Crippen molar-refractivity contribution in [3.8, 4) is 0 Å². The van der Waals surface area contributed by atoms with Crippen LogP contribution in [0.2, 0.25) is 0 Å². The van der Waals surface area contributed by atoms with Crippen molar-refractivity contribution in [3.63, 3.8) is 0 Å². The van der Waals surface area contributed by atoms with Crippen molar-refractivity contribution < 1.29 is 4.39 Å². The molecule has 0 heterocycles. The lowest BCUT2D eigenvalue weighted by Crippen LogP contribution is -2.16. The molecule has 0 saturated heterocycles. The van der Waals surface area contributed by atoms with Gasteiger partial charge in [0.2, 0.25) is 0 Å². The van der Waals surface area contributed by atoms with E-state index in [2.05, 4.69) is 13.8 Å². The van der Waals surface area contributed by atoms with Gasteiger partial charge in [0.05, 0.1) is 0 Å². The van der Waals surface area contributed by atoms with Crippen LogP contribution in [0.1, 0.15) is 25.5 Å². The first-order valence-electron chi connectivity index (χ1n) is 5.53. The smallest absolute Gasteiger partial charge is 0.123 e. The first kappa shape index (κ1) is 11.1. The average molecular weight is 217 g/mol. The van der Waals surface area contributed by atoms with E-state index >= 15 is 0 Å². The van der Waals surface area contributed by atoms with Gasteiger partial charge in [-0.1, -0.05) is 38.1 Å². The van der Waals surface area contributed by atoms with Gasteiger partial charge in [-0.05, 0) is 34.4 Å². The summed E-state index contributed by atoms with van der Waals surface area (Å²) < 4.78 is 13.2. The summed E-state index contributed by atoms with van der Waals surface area (Å²) in [6.07, 6.45) is 0. The number of hydrogen-bond donors (Lipinski definition) is 1. The Bertz CT molecular complexity index is 505. The van der Waals surface area contributed by atoms with Crippen molar-refractivity contribution in [1.29, 1.82) is 0 Å². The summed E-state index contributed by atoms with van der Waals surface area (Å²) in [4.78, 5) is 0. The summed E-state index contributed by atoms with van der Waals surface area (Å²) >= 11 is 0. The largest absolute Gasteiger partial charge is 0.324 e. The van der Waals surface area contributed by atoms with Gasteiger partial charge in [0.15, 0.2) is 0 Å². The molecule has 2 aromatic carbocycles. The molecule has 0 aliphatic carbocycles. The Kier molecular flexibility index (Phi) is 2.92. The van der Waals surface area contributed by atoms with Crippen LogP contribution in [-0.4, -0.2) is 0 Å². The second kappa shape index (κ2) is 4.22. The summed E-state index contributed by atoms with van der Waals surface area (Å²) in [6.45, 7) is 4.14. The molecule has 0 saturated carbocycles. The van der Waals surface area contributed by atoms with E-state index in [0.29, 0.717) is 5.92 Å². The first-order chi connectivity index (χ1) is 7.59. The Labute approximate surface area is 95.1 Å². The van der Waals surface area contributed by atoms with E-state index in [0.717, 1.165) is 16.3 Å². The lowest BCUT2D eigenvalue weighted by atomic mass is 9.92. The van der Waals surface area contributed by atoms with E-state index in [-0.39, 0.29) is 11.9 Å². The fourth-order valence-electron chi connectivity index (χ4n) is 1.92. The van der Waals surface area contributed by atoms with E-state index in [1.54, 1.807) is 12.1 Å². The lowest BCUT2D eigenvalue weighted by Gasteiger charge is -2.18. The predicted octanol–water partition coefficient (Wildman–Crippen LogP) is 3.63. The van der Waals surface area contributed by atoms with Crippen molar-refractivity contribution in [1.82, 2.24) is 0 Å². The maximum atomic E-state index is 13.2. The predicted molar refractivity (Wildman–Crippen MR) is 65.7 cm³/mol. The molecule has 16 heavy (non-hydrogen) atoms. The fraction of sp³-hybridized carbons (Fsp3) is 0.286. The summed E-state index contributed by atoms with van der Waals surface area (Å²) in [5.74, 6) is 0.129. The van der Waals surface area contributed by atoms with Crippen LogP contribution in [0.3, 0.4) is 0 Å². The van der Waals surface area contributed by atoms with Crippen LogP contribution in [0.15, 0.2) is 36.4 Å². The van der Waals surface area contributed by atoms with E-state index in [1.165, 1.54) is 6.07 Å². The zero-order chi connectivity index (χ0) is 11.7. The average Bonchev–Trinajstić information content (AvgIpc) is 2.27. The second-order valence-electron chi connectivity index (χ2n) is 4.48. The molecule has 1 unspecified atom stereocenters. The molecule has 0 aliphatic rings. The molecule has 2 rings (SSSR count). The molecule has 0 spiro atoms. The number of benzene rings is 2. The van der Waals surface area contributed by atoms with E-state index in [4.69, 9.17) is 5.73 Å². The number of hydrogen-bond acceptors (Lipinski definition) is 1. The third kappa shape index (κ3) is 1.93. The van der Waals surface area contributed by atoms with Crippen LogP contribution in [0.4, 0.5) is 4.39 Å². The first-order valence-corrected chi connectivity index (χ1v) is 5.53. The molecule has 2 N–H and O–H groups in total. The van der Waals surface area contributed by atoms with Crippen molar-refractivity contribution in [2.24, 2.45) is 11.7 Å². The van der Waals surface area contributed by atoms with Gasteiger partial charge in [-0.2, -0.15) is 0 Å². The van der Waals surface area contributed by atoms with E-state index < -0.39 is 0 Å². The van der Waals surface area contributed by atoms with Gasteiger partial charge >= 0.3 is 0 Å². The highest BCUT2D eigenvalue weighted by Gasteiger charge is 2.13. The SMILES string of the molecule is CC(C)C(N)c1cccc2ccc(F)cc12. The summed E-state index contributed by atoms with van der Waals surface area (Å²) in [5, 5.41) is 1.96. The molecule has 84 valence electrons. The summed E-state index contributed by atoms with van der Waals surface area (Å²) in [6, 6.07) is 10.7.